The van der Waals surface area contributed by atoms with Gasteiger partial charge in [-0.25, -0.2) is 0 Å². The van der Waals surface area contributed by atoms with E-state index >= 15 is 0 Å². The van der Waals surface area contributed by atoms with Gasteiger partial charge in [-0.1, -0.05) is 58.3 Å². The van der Waals surface area contributed by atoms with Crippen LogP contribution in [0, 0.1) is 0 Å². The second-order valence-corrected chi connectivity index (χ2v) is 7.78. The summed E-state index contributed by atoms with van der Waals surface area (Å²) in [6, 6.07) is 2.54. The molecule has 0 spiro atoms. The van der Waals surface area contributed by atoms with Gasteiger partial charge in [0, 0.05) is 16.8 Å². The van der Waals surface area contributed by atoms with Gasteiger partial charge in [0.05, 0.1) is 0 Å². The lowest BCUT2D eigenvalue weighted by molar-refractivity contribution is 0.362. The van der Waals surface area contributed by atoms with E-state index < -0.39 is 0 Å². The molecule has 1 N–H and O–H groups in total. The van der Waals surface area contributed by atoms with Crippen LogP contribution in [0.3, 0.4) is 0 Å². The highest BCUT2D eigenvalue weighted by Crippen LogP contribution is 2.37. The fraction of sp³-hybridized carbons (Fsp3) is 0.800. The molecule has 0 aliphatic heterocycles. The van der Waals surface area contributed by atoms with Gasteiger partial charge in [-0.15, -0.1) is 0 Å². The Balaban J connectivity index is 1.75. The minimum atomic E-state index is 0.404. The third kappa shape index (κ3) is 3.73. The van der Waals surface area contributed by atoms with Gasteiger partial charge in [0.2, 0.25) is 0 Å². The van der Waals surface area contributed by atoms with Crippen molar-refractivity contribution in [1.82, 2.24) is 4.98 Å². The van der Waals surface area contributed by atoms with E-state index in [9.17, 15) is 0 Å². The molecule has 1 heterocycles. The van der Waals surface area contributed by atoms with Gasteiger partial charge in [-0.3, -0.25) is 0 Å². The van der Waals surface area contributed by atoms with Gasteiger partial charge in [0.1, 0.15) is 0 Å². The van der Waals surface area contributed by atoms with E-state index in [0.717, 1.165) is 0 Å². The molecular weight excluding hydrogens is 254 g/mol. The summed E-state index contributed by atoms with van der Waals surface area (Å²) in [6.07, 6.45) is 19.7. The number of aryl methyl sites for hydroxylation is 2. The molecule has 1 heteroatoms. The fourth-order valence-corrected chi connectivity index (χ4v) is 4.41. The van der Waals surface area contributed by atoms with E-state index in [2.05, 4.69) is 18.0 Å². The molecule has 0 bridgehead atoms. The van der Waals surface area contributed by atoms with E-state index in [1.54, 1.807) is 17.0 Å². The Labute approximate surface area is 130 Å². The fourth-order valence-electron chi connectivity index (χ4n) is 4.41. The van der Waals surface area contributed by atoms with Crippen LogP contribution in [0.5, 0.6) is 0 Å². The molecule has 1 aromatic rings. The second kappa shape index (κ2) is 7.03. The largest absolute Gasteiger partial charge is 0.362 e. The van der Waals surface area contributed by atoms with Crippen molar-refractivity contribution in [2.24, 2.45) is 0 Å². The number of fused-ring (bicyclic) bond motifs is 1. The molecule has 1 saturated carbocycles. The molecule has 2 aliphatic rings. The SMILES string of the molecule is CC1(c2cc3c([nH]2)CCCC3)CCCCCCCCCC1. The molecule has 21 heavy (non-hydrogen) atoms. The van der Waals surface area contributed by atoms with Crippen molar-refractivity contribution in [3.8, 4) is 0 Å². The van der Waals surface area contributed by atoms with Gasteiger partial charge in [0.15, 0.2) is 0 Å². The molecule has 118 valence electrons. The summed E-state index contributed by atoms with van der Waals surface area (Å²) >= 11 is 0. The Morgan fingerprint density at radius 2 is 1.33 bits per heavy atom. The zero-order valence-electron chi connectivity index (χ0n) is 14.0. The van der Waals surface area contributed by atoms with Crippen molar-refractivity contribution in [2.45, 2.75) is 102 Å². The third-order valence-electron chi connectivity index (χ3n) is 5.97. The molecule has 0 aromatic carbocycles. The molecule has 1 aromatic heterocycles. The zero-order chi connectivity index (χ0) is 14.5. The number of H-pyrrole nitrogens is 1. The lowest BCUT2D eigenvalue weighted by Gasteiger charge is -2.29. The van der Waals surface area contributed by atoms with Crippen molar-refractivity contribution < 1.29 is 0 Å². The highest BCUT2D eigenvalue weighted by molar-refractivity contribution is 5.32. The molecule has 0 saturated heterocycles. The number of hydrogen-bond acceptors (Lipinski definition) is 0. The minimum Gasteiger partial charge on any atom is -0.362 e. The Bertz CT molecular complexity index is 407. The quantitative estimate of drug-likeness (QED) is 0.645. The molecule has 1 nitrogen and oxygen atoms in total. The van der Waals surface area contributed by atoms with Crippen LogP contribution >= 0.6 is 0 Å². The Morgan fingerprint density at radius 1 is 0.762 bits per heavy atom. The average Bonchev–Trinajstić information content (AvgIpc) is 2.91. The highest BCUT2D eigenvalue weighted by atomic mass is 14.8. The first-order valence-corrected chi connectivity index (χ1v) is 9.49. The van der Waals surface area contributed by atoms with Crippen LogP contribution in [0.1, 0.15) is 101 Å². The number of rotatable bonds is 1. The Morgan fingerprint density at radius 3 is 1.95 bits per heavy atom. The molecule has 0 radical (unpaired) electrons. The lowest BCUT2D eigenvalue weighted by atomic mass is 9.77. The van der Waals surface area contributed by atoms with Crippen molar-refractivity contribution >= 4 is 0 Å². The summed E-state index contributed by atoms with van der Waals surface area (Å²) in [6.45, 7) is 2.53. The summed E-state index contributed by atoms with van der Waals surface area (Å²) < 4.78 is 0. The summed E-state index contributed by atoms with van der Waals surface area (Å²) in [4.78, 5) is 3.84. The van der Waals surface area contributed by atoms with Crippen LogP contribution in [0.25, 0.3) is 0 Å². The standard InChI is InChI=1S/C20H33N/c1-20(14-10-6-4-2-3-5-7-11-15-20)19-16-17-12-8-9-13-18(17)21-19/h16,21H,2-15H2,1H3. The van der Waals surface area contributed by atoms with Crippen molar-refractivity contribution in [3.63, 3.8) is 0 Å². The first kappa shape index (κ1) is 15.2. The lowest BCUT2D eigenvalue weighted by Crippen LogP contribution is -2.22. The maximum Gasteiger partial charge on any atom is 0.0212 e. The van der Waals surface area contributed by atoms with Crippen LogP contribution < -0.4 is 0 Å². The first-order valence-electron chi connectivity index (χ1n) is 9.49. The van der Waals surface area contributed by atoms with E-state index in [1.165, 1.54) is 89.9 Å². The smallest absolute Gasteiger partial charge is 0.0212 e. The Kier molecular flexibility index (Phi) is 5.08. The third-order valence-corrected chi connectivity index (χ3v) is 5.97. The van der Waals surface area contributed by atoms with E-state index in [1.807, 2.05) is 0 Å². The van der Waals surface area contributed by atoms with Crippen molar-refractivity contribution in [2.75, 3.05) is 0 Å². The maximum atomic E-state index is 3.84. The summed E-state index contributed by atoms with van der Waals surface area (Å²) in [5, 5.41) is 0. The van der Waals surface area contributed by atoms with Crippen molar-refractivity contribution in [3.05, 3.63) is 23.0 Å². The maximum absolute atomic E-state index is 3.84. The molecule has 3 rings (SSSR count). The van der Waals surface area contributed by atoms with Crippen LogP contribution in [0.2, 0.25) is 0 Å². The van der Waals surface area contributed by atoms with Crippen LogP contribution in [0.15, 0.2) is 6.07 Å². The van der Waals surface area contributed by atoms with Gasteiger partial charge in [-0.2, -0.15) is 0 Å². The minimum absolute atomic E-state index is 0.404. The molecule has 0 atom stereocenters. The van der Waals surface area contributed by atoms with E-state index in [4.69, 9.17) is 0 Å². The van der Waals surface area contributed by atoms with E-state index in [0.29, 0.717) is 5.41 Å². The van der Waals surface area contributed by atoms with Gasteiger partial charge < -0.3 is 4.98 Å². The van der Waals surface area contributed by atoms with Crippen LogP contribution in [-0.2, 0) is 18.3 Å². The van der Waals surface area contributed by atoms with Gasteiger partial charge in [-0.05, 0) is 50.2 Å². The highest BCUT2D eigenvalue weighted by Gasteiger charge is 2.29. The molecule has 1 fully saturated rings. The summed E-state index contributed by atoms with van der Waals surface area (Å²) in [5.74, 6) is 0. The normalized spacial score (nSPS) is 24.0. The van der Waals surface area contributed by atoms with Crippen molar-refractivity contribution in [1.29, 1.82) is 0 Å². The monoisotopic (exact) mass is 287 g/mol. The molecule has 0 amide bonds. The molecular formula is C20H33N. The number of aromatic nitrogens is 1. The van der Waals surface area contributed by atoms with Gasteiger partial charge in [0.25, 0.3) is 0 Å². The van der Waals surface area contributed by atoms with Crippen LogP contribution in [-0.4, -0.2) is 4.98 Å². The summed E-state index contributed by atoms with van der Waals surface area (Å²) in [5.41, 5.74) is 5.16. The van der Waals surface area contributed by atoms with Crippen LogP contribution in [0.4, 0.5) is 0 Å². The zero-order valence-corrected chi connectivity index (χ0v) is 14.0. The molecule has 0 unspecified atom stereocenters. The Hall–Kier alpha value is -0.720. The van der Waals surface area contributed by atoms with Gasteiger partial charge >= 0.3 is 0 Å². The first-order chi connectivity index (χ1) is 10.3. The average molecular weight is 287 g/mol. The summed E-state index contributed by atoms with van der Waals surface area (Å²) in [7, 11) is 0. The predicted molar refractivity (Wildman–Crippen MR) is 91.0 cm³/mol. The number of aromatic amines is 1. The second-order valence-electron chi connectivity index (χ2n) is 7.78. The topological polar surface area (TPSA) is 15.8 Å². The number of hydrogen-bond donors (Lipinski definition) is 1. The van der Waals surface area contributed by atoms with E-state index in [-0.39, 0.29) is 0 Å². The predicted octanol–water partition coefficient (Wildman–Crippen LogP) is 6.07. The molecule has 2 aliphatic carbocycles. The number of nitrogens with one attached hydrogen (secondary N) is 1.